The third-order valence-electron chi connectivity index (χ3n) is 2.49. The fourth-order valence-electron chi connectivity index (χ4n) is 1.90. The van der Waals surface area contributed by atoms with Gasteiger partial charge in [0.2, 0.25) is 5.91 Å². The molecule has 1 fully saturated rings. The van der Waals surface area contributed by atoms with Crippen molar-refractivity contribution in [1.29, 1.82) is 0 Å². The van der Waals surface area contributed by atoms with Gasteiger partial charge in [0.05, 0.1) is 6.54 Å². The molecule has 4 nitrogen and oxygen atoms in total. The molecule has 1 aliphatic rings. The Kier molecular flexibility index (Phi) is 3.89. The number of nitrogens with zero attached hydrogens (tertiary/aromatic N) is 2. The van der Waals surface area contributed by atoms with Gasteiger partial charge in [-0.2, -0.15) is 0 Å². The van der Waals surface area contributed by atoms with Crippen LogP contribution in [0, 0.1) is 0 Å². The molecule has 0 aromatic carbocycles. The van der Waals surface area contributed by atoms with Crippen molar-refractivity contribution in [2.75, 3.05) is 33.7 Å². The average Bonchev–Trinajstić information content (AvgIpc) is 2.01. The number of amides is 1. The van der Waals surface area contributed by atoms with Crippen LogP contribution in [0.15, 0.2) is 0 Å². The summed E-state index contributed by atoms with van der Waals surface area (Å²) in [6.45, 7) is 6.78. The van der Waals surface area contributed by atoms with Gasteiger partial charge in [0.25, 0.3) is 0 Å². The highest BCUT2D eigenvalue weighted by Gasteiger charge is 2.22. The minimum atomic E-state index is 0.186. The number of carbonyl (C=O) groups is 1. The lowest BCUT2D eigenvalue weighted by molar-refractivity contribution is -0.130. The third-order valence-corrected chi connectivity index (χ3v) is 2.49. The largest absolute Gasteiger partial charge is 0.348 e. The first-order valence-corrected chi connectivity index (χ1v) is 5.17. The molecule has 1 saturated heterocycles. The van der Waals surface area contributed by atoms with Gasteiger partial charge in [0, 0.05) is 39.3 Å². The molecule has 1 N–H and O–H groups in total. The van der Waals surface area contributed by atoms with Crippen LogP contribution in [0.1, 0.15) is 13.8 Å². The highest BCUT2D eigenvalue weighted by molar-refractivity contribution is 5.77. The Balaban J connectivity index is 2.40. The van der Waals surface area contributed by atoms with Crippen LogP contribution in [-0.4, -0.2) is 61.5 Å². The second kappa shape index (κ2) is 4.75. The number of likely N-dealkylation sites (N-methyl/N-ethyl adjacent to an activating group) is 1. The van der Waals surface area contributed by atoms with Crippen LogP contribution >= 0.6 is 0 Å². The summed E-state index contributed by atoms with van der Waals surface area (Å²) < 4.78 is 0. The molecule has 0 radical (unpaired) electrons. The van der Waals surface area contributed by atoms with Crippen molar-refractivity contribution in [2.45, 2.75) is 25.9 Å². The second-order valence-electron chi connectivity index (χ2n) is 4.45. The summed E-state index contributed by atoms with van der Waals surface area (Å²) in [7, 11) is 3.61. The first-order valence-electron chi connectivity index (χ1n) is 5.17. The van der Waals surface area contributed by atoms with E-state index in [0.717, 1.165) is 13.1 Å². The number of nitrogens with one attached hydrogen (secondary N) is 1. The Hall–Kier alpha value is -0.610. The summed E-state index contributed by atoms with van der Waals surface area (Å²) in [5.41, 5.74) is 0. The van der Waals surface area contributed by atoms with Crippen molar-refractivity contribution >= 4 is 5.91 Å². The predicted molar refractivity (Wildman–Crippen MR) is 57.2 cm³/mol. The number of rotatable bonds is 2. The van der Waals surface area contributed by atoms with Crippen LogP contribution in [0.5, 0.6) is 0 Å². The molecule has 2 unspecified atom stereocenters. The van der Waals surface area contributed by atoms with E-state index in [1.165, 1.54) is 0 Å². The zero-order valence-corrected chi connectivity index (χ0v) is 9.58. The number of carbonyl (C=O) groups excluding carboxylic acids is 1. The molecule has 0 aliphatic carbocycles. The van der Waals surface area contributed by atoms with E-state index in [1.807, 2.05) is 0 Å². The molecule has 4 heteroatoms. The molecule has 0 saturated carbocycles. The molecular weight excluding hydrogens is 178 g/mol. The van der Waals surface area contributed by atoms with Gasteiger partial charge in [-0.1, -0.05) is 0 Å². The molecule has 1 amide bonds. The maximum atomic E-state index is 11.5. The van der Waals surface area contributed by atoms with Crippen molar-refractivity contribution in [3.8, 4) is 0 Å². The number of piperazine rings is 1. The first-order chi connectivity index (χ1) is 6.49. The zero-order chi connectivity index (χ0) is 10.7. The lowest BCUT2D eigenvalue weighted by Crippen LogP contribution is -2.55. The van der Waals surface area contributed by atoms with Crippen LogP contribution in [0.4, 0.5) is 0 Å². The van der Waals surface area contributed by atoms with E-state index >= 15 is 0 Å². The third kappa shape index (κ3) is 3.27. The van der Waals surface area contributed by atoms with Gasteiger partial charge in [-0.15, -0.1) is 0 Å². The van der Waals surface area contributed by atoms with Crippen molar-refractivity contribution in [3.05, 3.63) is 0 Å². The summed E-state index contributed by atoms with van der Waals surface area (Å²) in [5, 5.41) is 3.45. The molecule has 0 aromatic heterocycles. The molecular formula is C10H21N3O. The smallest absolute Gasteiger partial charge is 0.236 e. The van der Waals surface area contributed by atoms with E-state index < -0.39 is 0 Å². The molecule has 82 valence electrons. The Morgan fingerprint density at radius 1 is 1.36 bits per heavy atom. The fraction of sp³-hybridized carbons (Fsp3) is 0.900. The van der Waals surface area contributed by atoms with E-state index in [9.17, 15) is 4.79 Å². The van der Waals surface area contributed by atoms with Crippen LogP contribution in [0.3, 0.4) is 0 Å². The number of hydrogen-bond acceptors (Lipinski definition) is 3. The Labute approximate surface area is 86.2 Å². The Morgan fingerprint density at radius 2 is 1.86 bits per heavy atom. The normalized spacial score (nSPS) is 28.9. The highest BCUT2D eigenvalue weighted by Crippen LogP contribution is 2.03. The van der Waals surface area contributed by atoms with Gasteiger partial charge in [-0.3, -0.25) is 9.69 Å². The van der Waals surface area contributed by atoms with E-state index in [-0.39, 0.29) is 5.91 Å². The molecule has 2 atom stereocenters. The molecule has 0 aromatic rings. The zero-order valence-electron chi connectivity index (χ0n) is 9.58. The van der Waals surface area contributed by atoms with Gasteiger partial charge in [-0.25, -0.2) is 0 Å². The minimum Gasteiger partial charge on any atom is -0.348 e. The van der Waals surface area contributed by atoms with Crippen LogP contribution in [0.2, 0.25) is 0 Å². The van der Waals surface area contributed by atoms with Gasteiger partial charge < -0.3 is 10.2 Å². The molecule has 0 spiro atoms. The quantitative estimate of drug-likeness (QED) is 0.666. The van der Waals surface area contributed by atoms with Crippen molar-refractivity contribution in [1.82, 2.24) is 15.1 Å². The van der Waals surface area contributed by atoms with Gasteiger partial charge >= 0.3 is 0 Å². The lowest BCUT2D eigenvalue weighted by atomic mass is 10.1. The molecule has 0 bridgehead atoms. The monoisotopic (exact) mass is 199 g/mol. The maximum absolute atomic E-state index is 11.5. The molecule has 1 heterocycles. The summed E-state index contributed by atoms with van der Waals surface area (Å²) in [6, 6.07) is 0.961. The molecule has 14 heavy (non-hydrogen) atoms. The molecule has 1 aliphatic heterocycles. The number of hydrogen-bond donors (Lipinski definition) is 1. The van der Waals surface area contributed by atoms with E-state index in [1.54, 1.807) is 19.0 Å². The first kappa shape index (κ1) is 11.5. The van der Waals surface area contributed by atoms with Crippen molar-refractivity contribution in [3.63, 3.8) is 0 Å². The second-order valence-corrected chi connectivity index (χ2v) is 4.45. The van der Waals surface area contributed by atoms with Crippen molar-refractivity contribution in [2.24, 2.45) is 0 Å². The SMILES string of the molecule is CC1CN(CC(=O)N(C)C)CC(C)N1. The van der Waals surface area contributed by atoms with Gasteiger partial charge in [0.15, 0.2) is 0 Å². The van der Waals surface area contributed by atoms with Gasteiger partial charge in [0.1, 0.15) is 0 Å². The van der Waals surface area contributed by atoms with Gasteiger partial charge in [-0.05, 0) is 13.8 Å². The van der Waals surface area contributed by atoms with E-state index in [4.69, 9.17) is 0 Å². The summed E-state index contributed by atoms with van der Waals surface area (Å²) >= 11 is 0. The Bertz CT molecular complexity index is 196. The minimum absolute atomic E-state index is 0.186. The lowest BCUT2D eigenvalue weighted by Gasteiger charge is -2.36. The van der Waals surface area contributed by atoms with Crippen LogP contribution < -0.4 is 5.32 Å². The maximum Gasteiger partial charge on any atom is 0.236 e. The molecule has 1 rings (SSSR count). The average molecular weight is 199 g/mol. The fourth-order valence-corrected chi connectivity index (χ4v) is 1.90. The van der Waals surface area contributed by atoms with E-state index in [2.05, 4.69) is 24.1 Å². The summed E-state index contributed by atoms with van der Waals surface area (Å²) in [4.78, 5) is 15.4. The van der Waals surface area contributed by atoms with E-state index in [0.29, 0.717) is 18.6 Å². The highest BCUT2D eigenvalue weighted by atomic mass is 16.2. The topological polar surface area (TPSA) is 35.6 Å². The van der Waals surface area contributed by atoms with Crippen LogP contribution in [0.25, 0.3) is 0 Å². The van der Waals surface area contributed by atoms with Crippen molar-refractivity contribution < 1.29 is 4.79 Å². The Morgan fingerprint density at radius 3 is 2.29 bits per heavy atom. The summed E-state index contributed by atoms with van der Waals surface area (Å²) in [5.74, 6) is 0.186. The summed E-state index contributed by atoms with van der Waals surface area (Å²) in [6.07, 6.45) is 0. The van der Waals surface area contributed by atoms with Crippen LogP contribution in [-0.2, 0) is 4.79 Å². The standard InChI is InChI=1S/C10H21N3O/c1-8-5-13(6-9(2)11-8)7-10(14)12(3)4/h8-9,11H,5-7H2,1-4H3. The predicted octanol–water partition coefficient (Wildman–Crippen LogP) is -0.243.